The smallest absolute Gasteiger partial charge is 0.303 e. The third kappa shape index (κ3) is 1.89. The molecule has 0 spiro atoms. The molecule has 0 bridgehead atoms. The molecule has 0 amide bonds. The molecule has 3 atom stereocenters. The summed E-state index contributed by atoms with van der Waals surface area (Å²) in [5.41, 5.74) is -0.209. The van der Waals surface area contributed by atoms with Crippen molar-refractivity contribution in [3.05, 3.63) is 0 Å². The number of carbonyl (C=O) groups is 1. The Morgan fingerprint density at radius 3 is 2.86 bits per heavy atom. The highest BCUT2D eigenvalue weighted by molar-refractivity contribution is 8.00. The summed E-state index contributed by atoms with van der Waals surface area (Å²) < 4.78 is 16.5. The quantitative estimate of drug-likeness (QED) is 0.618. The summed E-state index contributed by atoms with van der Waals surface area (Å²) in [6.45, 7) is 5.16. The molecule has 1 unspecified atom stereocenters. The SMILES string of the molecule is CC(=O)OC1SC[C@H]2OC(C)(C)O[C@@H]12. The highest BCUT2D eigenvalue weighted by atomic mass is 32.2. The maximum atomic E-state index is 10.8. The maximum Gasteiger partial charge on any atom is 0.303 e. The summed E-state index contributed by atoms with van der Waals surface area (Å²) in [6, 6.07) is 0. The van der Waals surface area contributed by atoms with Gasteiger partial charge in [0.25, 0.3) is 0 Å². The fourth-order valence-electron chi connectivity index (χ4n) is 1.77. The van der Waals surface area contributed by atoms with Crippen molar-refractivity contribution < 1.29 is 19.0 Å². The van der Waals surface area contributed by atoms with E-state index in [0.29, 0.717) is 0 Å². The summed E-state index contributed by atoms with van der Waals surface area (Å²) in [5.74, 6) is 0.0114. The largest absolute Gasteiger partial charge is 0.449 e. The zero-order valence-electron chi connectivity index (χ0n) is 8.48. The Morgan fingerprint density at radius 2 is 2.21 bits per heavy atom. The molecule has 4 nitrogen and oxygen atoms in total. The lowest BCUT2D eigenvalue weighted by molar-refractivity contribution is -0.162. The first-order chi connectivity index (χ1) is 6.48. The fourth-order valence-corrected chi connectivity index (χ4v) is 3.03. The summed E-state index contributed by atoms with van der Waals surface area (Å²) >= 11 is 1.57. The first-order valence-corrected chi connectivity index (χ1v) is 5.67. The van der Waals surface area contributed by atoms with Crippen molar-refractivity contribution in [3.8, 4) is 0 Å². The van der Waals surface area contributed by atoms with E-state index in [1.807, 2.05) is 13.8 Å². The molecule has 0 aromatic carbocycles. The molecule has 2 heterocycles. The molecule has 14 heavy (non-hydrogen) atoms. The van der Waals surface area contributed by atoms with Crippen LogP contribution in [-0.2, 0) is 19.0 Å². The number of hydrogen-bond acceptors (Lipinski definition) is 5. The van der Waals surface area contributed by atoms with Crippen LogP contribution < -0.4 is 0 Å². The summed E-state index contributed by atoms with van der Waals surface area (Å²) in [7, 11) is 0. The molecule has 0 radical (unpaired) electrons. The number of ether oxygens (including phenoxy) is 3. The van der Waals surface area contributed by atoms with E-state index in [1.54, 1.807) is 11.8 Å². The normalized spacial score (nSPS) is 39.5. The van der Waals surface area contributed by atoms with Crippen LogP contribution in [0.3, 0.4) is 0 Å². The van der Waals surface area contributed by atoms with Gasteiger partial charge < -0.3 is 14.2 Å². The number of hydrogen-bond donors (Lipinski definition) is 0. The van der Waals surface area contributed by atoms with E-state index in [4.69, 9.17) is 14.2 Å². The molecular formula is C9H14O4S. The van der Waals surface area contributed by atoms with Gasteiger partial charge in [-0.1, -0.05) is 0 Å². The van der Waals surface area contributed by atoms with Crippen molar-refractivity contribution in [2.24, 2.45) is 0 Å². The van der Waals surface area contributed by atoms with Crippen molar-refractivity contribution in [1.82, 2.24) is 0 Å². The van der Waals surface area contributed by atoms with Crippen LogP contribution in [0.2, 0.25) is 0 Å². The molecule has 2 aliphatic rings. The van der Waals surface area contributed by atoms with Crippen LogP contribution in [0.4, 0.5) is 0 Å². The molecule has 5 heteroatoms. The Morgan fingerprint density at radius 1 is 1.50 bits per heavy atom. The van der Waals surface area contributed by atoms with E-state index in [0.717, 1.165) is 5.75 Å². The molecule has 2 fully saturated rings. The van der Waals surface area contributed by atoms with Gasteiger partial charge in [-0.05, 0) is 13.8 Å². The number of rotatable bonds is 1. The van der Waals surface area contributed by atoms with Crippen LogP contribution in [0, 0.1) is 0 Å². The van der Waals surface area contributed by atoms with Gasteiger partial charge in [0.1, 0.15) is 12.2 Å². The molecule has 0 aromatic rings. The minimum absolute atomic E-state index is 0.0550. The van der Waals surface area contributed by atoms with E-state index in [1.165, 1.54) is 6.92 Å². The zero-order valence-corrected chi connectivity index (χ0v) is 9.30. The lowest BCUT2D eigenvalue weighted by Crippen LogP contribution is -2.30. The van der Waals surface area contributed by atoms with Crippen LogP contribution in [0.15, 0.2) is 0 Å². The number of esters is 1. The average Bonchev–Trinajstić information content (AvgIpc) is 2.47. The maximum absolute atomic E-state index is 10.8. The van der Waals surface area contributed by atoms with Crippen LogP contribution in [0.25, 0.3) is 0 Å². The molecule has 0 N–H and O–H groups in total. The van der Waals surface area contributed by atoms with Gasteiger partial charge in [-0.2, -0.15) is 0 Å². The van der Waals surface area contributed by atoms with Gasteiger partial charge in [0.15, 0.2) is 11.2 Å². The summed E-state index contributed by atoms with van der Waals surface area (Å²) in [4.78, 5) is 10.8. The number of carbonyl (C=O) groups excluding carboxylic acids is 1. The van der Waals surface area contributed by atoms with Crippen molar-refractivity contribution >= 4 is 17.7 Å². The van der Waals surface area contributed by atoms with Gasteiger partial charge in [-0.15, -0.1) is 11.8 Å². The minimum atomic E-state index is -0.547. The molecule has 0 aliphatic carbocycles. The Kier molecular flexibility index (Phi) is 2.49. The highest BCUT2D eigenvalue weighted by Gasteiger charge is 2.51. The van der Waals surface area contributed by atoms with E-state index in [-0.39, 0.29) is 23.6 Å². The number of thioether (sulfide) groups is 1. The predicted molar refractivity (Wildman–Crippen MR) is 51.8 cm³/mol. The molecule has 2 aliphatic heterocycles. The molecule has 2 saturated heterocycles. The van der Waals surface area contributed by atoms with Crippen LogP contribution in [-0.4, -0.2) is 35.2 Å². The van der Waals surface area contributed by atoms with Gasteiger partial charge in [-0.25, -0.2) is 0 Å². The summed E-state index contributed by atoms with van der Waals surface area (Å²) in [6.07, 6.45) is -0.0572. The third-order valence-electron chi connectivity index (χ3n) is 2.20. The van der Waals surface area contributed by atoms with E-state index in [9.17, 15) is 4.79 Å². The second-order valence-corrected chi connectivity index (χ2v) is 5.08. The average molecular weight is 218 g/mol. The zero-order chi connectivity index (χ0) is 10.3. The van der Waals surface area contributed by atoms with Crippen LogP contribution >= 0.6 is 11.8 Å². The monoisotopic (exact) mass is 218 g/mol. The first kappa shape index (κ1) is 10.3. The van der Waals surface area contributed by atoms with Crippen LogP contribution in [0.5, 0.6) is 0 Å². The Hall–Kier alpha value is -0.260. The van der Waals surface area contributed by atoms with E-state index < -0.39 is 5.79 Å². The highest BCUT2D eigenvalue weighted by Crippen LogP contribution is 2.41. The molecule has 80 valence electrons. The topological polar surface area (TPSA) is 44.8 Å². The van der Waals surface area contributed by atoms with Gasteiger partial charge in [0.2, 0.25) is 0 Å². The molecule has 0 saturated carbocycles. The lowest BCUT2D eigenvalue weighted by Gasteiger charge is -2.20. The van der Waals surface area contributed by atoms with E-state index >= 15 is 0 Å². The fraction of sp³-hybridized carbons (Fsp3) is 0.889. The molecule has 2 rings (SSSR count). The lowest BCUT2D eigenvalue weighted by atomic mass is 10.2. The minimum Gasteiger partial charge on any atom is -0.449 e. The van der Waals surface area contributed by atoms with Gasteiger partial charge in [0, 0.05) is 12.7 Å². The van der Waals surface area contributed by atoms with Crippen LogP contribution in [0.1, 0.15) is 20.8 Å². The van der Waals surface area contributed by atoms with Crippen molar-refractivity contribution in [1.29, 1.82) is 0 Å². The Labute approximate surface area is 87.3 Å². The van der Waals surface area contributed by atoms with Crippen molar-refractivity contribution in [2.75, 3.05) is 5.75 Å². The van der Waals surface area contributed by atoms with Gasteiger partial charge in [0.05, 0.1) is 0 Å². The van der Waals surface area contributed by atoms with Gasteiger partial charge >= 0.3 is 5.97 Å². The first-order valence-electron chi connectivity index (χ1n) is 4.62. The second kappa shape index (κ2) is 3.40. The van der Waals surface area contributed by atoms with Crippen molar-refractivity contribution in [3.63, 3.8) is 0 Å². The third-order valence-corrected chi connectivity index (χ3v) is 3.41. The second-order valence-electron chi connectivity index (χ2n) is 3.95. The molecule has 0 aromatic heterocycles. The Bertz CT molecular complexity index is 253. The van der Waals surface area contributed by atoms with Gasteiger partial charge in [-0.3, -0.25) is 4.79 Å². The predicted octanol–water partition coefficient (Wildman–Crippen LogP) is 1.14. The van der Waals surface area contributed by atoms with Crippen molar-refractivity contribution in [2.45, 2.75) is 44.2 Å². The summed E-state index contributed by atoms with van der Waals surface area (Å²) in [5, 5.41) is 0. The number of fused-ring (bicyclic) bond motifs is 1. The standard InChI is InChI=1S/C9H14O4S/c1-5(10)11-8-7-6(4-14-8)12-9(2,3)13-7/h6-8H,4H2,1-3H3/t6-,7-,8?/m1/s1. The van der Waals surface area contributed by atoms with E-state index in [2.05, 4.69) is 0 Å². The molecular weight excluding hydrogens is 204 g/mol. The Balaban J connectivity index is 2.01.